The van der Waals surface area contributed by atoms with E-state index < -0.39 is 0 Å². The number of nitrogens with zero attached hydrogens (tertiary/aromatic N) is 3. The van der Waals surface area contributed by atoms with E-state index in [1.165, 1.54) is 0 Å². The number of hydrogen-bond acceptors (Lipinski definition) is 4. The molecular formula is C12H17N5O. The van der Waals surface area contributed by atoms with Crippen molar-refractivity contribution in [1.29, 1.82) is 0 Å². The lowest BCUT2D eigenvalue weighted by Crippen LogP contribution is -2.26. The Labute approximate surface area is 105 Å². The topological polar surface area (TPSA) is 75.6 Å². The fourth-order valence-electron chi connectivity index (χ4n) is 1.67. The quantitative estimate of drug-likeness (QED) is 0.833. The zero-order chi connectivity index (χ0) is 13.0. The summed E-state index contributed by atoms with van der Waals surface area (Å²) < 4.78 is 1.67. The molecule has 0 atom stereocenters. The van der Waals surface area contributed by atoms with E-state index in [-0.39, 0.29) is 5.56 Å². The van der Waals surface area contributed by atoms with Gasteiger partial charge >= 0.3 is 0 Å². The Morgan fingerprint density at radius 2 is 2.22 bits per heavy atom. The van der Waals surface area contributed by atoms with Gasteiger partial charge in [-0.15, -0.1) is 0 Å². The van der Waals surface area contributed by atoms with Crippen molar-refractivity contribution >= 4 is 5.82 Å². The summed E-state index contributed by atoms with van der Waals surface area (Å²) in [5, 5.41) is 2.99. The van der Waals surface area contributed by atoms with Crippen LogP contribution in [0.4, 0.5) is 5.82 Å². The molecule has 6 heteroatoms. The van der Waals surface area contributed by atoms with Gasteiger partial charge in [0.2, 0.25) is 0 Å². The van der Waals surface area contributed by atoms with E-state index in [1.54, 1.807) is 29.4 Å². The molecule has 6 nitrogen and oxygen atoms in total. The maximum atomic E-state index is 12.1. The highest BCUT2D eigenvalue weighted by Gasteiger charge is 2.06. The lowest BCUT2D eigenvalue weighted by molar-refractivity contribution is 0.509. The first kappa shape index (κ1) is 12.3. The Morgan fingerprint density at radius 1 is 1.39 bits per heavy atom. The fourth-order valence-corrected chi connectivity index (χ4v) is 1.67. The summed E-state index contributed by atoms with van der Waals surface area (Å²) in [6.45, 7) is 5.29. The Kier molecular flexibility index (Phi) is 3.76. The van der Waals surface area contributed by atoms with Gasteiger partial charge in [-0.1, -0.05) is 13.8 Å². The number of hydrogen-bond donors (Lipinski definition) is 2. The molecule has 0 bridgehead atoms. The van der Waals surface area contributed by atoms with E-state index in [2.05, 4.69) is 34.1 Å². The van der Waals surface area contributed by atoms with Gasteiger partial charge in [-0.25, -0.2) is 9.97 Å². The molecule has 0 saturated carbocycles. The average Bonchev–Trinajstić information content (AvgIpc) is 2.83. The molecular weight excluding hydrogens is 230 g/mol. The molecule has 0 radical (unpaired) electrons. The predicted molar refractivity (Wildman–Crippen MR) is 69.2 cm³/mol. The Balaban J connectivity index is 2.11. The van der Waals surface area contributed by atoms with Crippen LogP contribution in [0.15, 0.2) is 29.6 Å². The molecule has 0 saturated heterocycles. The van der Waals surface area contributed by atoms with Crippen LogP contribution in [-0.4, -0.2) is 19.5 Å². The van der Waals surface area contributed by atoms with Crippen LogP contribution in [0.5, 0.6) is 0 Å². The van der Waals surface area contributed by atoms with Crippen molar-refractivity contribution in [3.05, 3.63) is 41.0 Å². The maximum absolute atomic E-state index is 12.1. The van der Waals surface area contributed by atoms with Crippen molar-refractivity contribution in [3.63, 3.8) is 0 Å². The van der Waals surface area contributed by atoms with Crippen LogP contribution in [0.1, 0.15) is 19.7 Å². The number of nitrogens with one attached hydrogen (secondary N) is 2. The largest absolute Gasteiger partial charge is 0.358 e. The van der Waals surface area contributed by atoms with Crippen molar-refractivity contribution in [2.75, 3.05) is 5.32 Å². The number of anilines is 1. The second-order valence-corrected chi connectivity index (χ2v) is 4.52. The third-order valence-corrected chi connectivity index (χ3v) is 2.45. The summed E-state index contributed by atoms with van der Waals surface area (Å²) in [7, 11) is 0. The highest BCUT2D eigenvalue weighted by molar-refractivity contribution is 5.30. The lowest BCUT2D eigenvalue weighted by Gasteiger charge is -2.10. The molecule has 0 spiro atoms. The molecule has 18 heavy (non-hydrogen) atoms. The molecule has 2 N–H and O–H groups in total. The third kappa shape index (κ3) is 2.97. The first-order valence-electron chi connectivity index (χ1n) is 5.94. The van der Waals surface area contributed by atoms with Crippen molar-refractivity contribution in [3.8, 4) is 0 Å². The Morgan fingerprint density at radius 3 is 2.89 bits per heavy atom. The molecule has 0 aliphatic heterocycles. The minimum absolute atomic E-state index is 0.0993. The molecule has 2 aromatic heterocycles. The van der Waals surface area contributed by atoms with E-state index in [4.69, 9.17) is 0 Å². The smallest absolute Gasteiger partial charge is 0.293 e. The molecule has 0 aromatic carbocycles. The number of aromatic amines is 1. The van der Waals surface area contributed by atoms with E-state index in [0.717, 1.165) is 5.82 Å². The van der Waals surface area contributed by atoms with Crippen molar-refractivity contribution in [2.45, 2.75) is 26.9 Å². The molecule has 0 fully saturated rings. The number of H-pyrrole nitrogens is 1. The Hall–Kier alpha value is -2.11. The zero-order valence-corrected chi connectivity index (χ0v) is 10.6. The van der Waals surface area contributed by atoms with Gasteiger partial charge in [0.05, 0.1) is 6.54 Å². The highest BCUT2D eigenvalue weighted by atomic mass is 16.1. The van der Waals surface area contributed by atoms with Crippen LogP contribution in [0, 0.1) is 5.92 Å². The van der Waals surface area contributed by atoms with E-state index in [0.29, 0.717) is 24.8 Å². The van der Waals surface area contributed by atoms with Gasteiger partial charge in [0.15, 0.2) is 5.82 Å². The van der Waals surface area contributed by atoms with Crippen LogP contribution in [0.25, 0.3) is 0 Å². The number of aromatic nitrogens is 4. The summed E-state index contributed by atoms with van der Waals surface area (Å²) in [6.07, 6.45) is 6.76. The first-order chi connectivity index (χ1) is 8.66. The van der Waals surface area contributed by atoms with Gasteiger partial charge in [-0.05, 0) is 5.92 Å². The number of imidazole rings is 1. The molecule has 2 aromatic rings. The van der Waals surface area contributed by atoms with Crippen molar-refractivity contribution in [1.82, 2.24) is 19.5 Å². The standard InChI is InChI=1S/C12H17N5O/c1-9(2)8-17-6-5-15-11(12(17)18)16-7-10-13-3-4-14-10/h3-6,9H,7-8H2,1-2H3,(H,13,14)(H,15,16). The SMILES string of the molecule is CC(C)Cn1ccnc(NCc2ncc[nH]2)c1=O. The van der Waals surface area contributed by atoms with Crippen molar-refractivity contribution < 1.29 is 0 Å². The lowest BCUT2D eigenvalue weighted by atomic mass is 10.2. The summed E-state index contributed by atoms with van der Waals surface area (Å²) in [5.41, 5.74) is -0.0993. The maximum Gasteiger partial charge on any atom is 0.293 e. The molecule has 0 unspecified atom stereocenters. The predicted octanol–water partition coefficient (Wildman–Crippen LogP) is 1.23. The van der Waals surface area contributed by atoms with Crippen LogP contribution in [-0.2, 0) is 13.1 Å². The number of rotatable bonds is 5. The van der Waals surface area contributed by atoms with Gasteiger partial charge in [-0.2, -0.15) is 0 Å². The van der Waals surface area contributed by atoms with Gasteiger partial charge in [0.1, 0.15) is 5.82 Å². The molecule has 2 heterocycles. The van der Waals surface area contributed by atoms with Gasteiger partial charge in [0, 0.05) is 31.3 Å². The minimum atomic E-state index is -0.0993. The van der Waals surface area contributed by atoms with Gasteiger partial charge in [0.25, 0.3) is 5.56 Å². The minimum Gasteiger partial charge on any atom is -0.358 e. The highest BCUT2D eigenvalue weighted by Crippen LogP contribution is 2.00. The van der Waals surface area contributed by atoms with Gasteiger partial charge < -0.3 is 14.9 Å². The molecule has 0 amide bonds. The third-order valence-electron chi connectivity index (χ3n) is 2.45. The molecule has 0 aliphatic carbocycles. The van der Waals surface area contributed by atoms with Crippen LogP contribution < -0.4 is 10.9 Å². The van der Waals surface area contributed by atoms with Crippen LogP contribution in [0.2, 0.25) is 0 Å². The summed E-state index contributed by atoms with van der Waals surface area (Å²) in [4.78, 5) is 23.2. The van der Waals surface area contributed by atoms with Crippen LogP contribution >= 0.6 is 0 Å². The second kappa shape index (κ2) is 5.48. The normalized spacial score (nSPS) is 10.8. The summed E-state index contributed by atoms with van der Waals surface area (Å²) >= 11 is 0. The van der Waals surface area contributed by atoms with E-state index in [1.807, 2.05) is 0 Å². The second-order valence-electron chi connectivity index (χ2n) is 4.52. The Bertz CT molecular complexity index is 544. The molecule has 96 valence electrons. The molecule has 0 aliphatic rings. The van der Waals surface area contributed by atoms with Gasteiger partial charge in [-0.3, -0.25) is 4.79 Å². The van der Waals surface area contributed by atoms with Crippen molar-refractivity contribution in [2.24, 2.45) is 5.92 Å². The van der Waals surface area contributed by atoms with E-state index >= 15 is 0 Å². The monoisotopic (exact) mass is 247 g/mol. The molecule has 2 rings (SSSR count). The summed E-state index contributed by atoms with van der Waals surface area (Å²) in [5.74, 6) is 1.55. The fraction of sp³-hybridized carbons (Fsp3) is 0.417. The van der Waals surface area contributed by atoms with Crippen LogP contribution in [0.3, 0.4) is 0 Å². The zero-order valence-electron chi connectivity index (χ0n) is 10.6. The van der Waals surface area contributed by atoms with E-state index in [9.17, 15) is 4.79 Å². The average molecular weight is 247 g/mol. The first-order valence-corrected chi connectivity index (χ1v) is 5.94. The summed E-state index contributed by atoms with van der Waals surface area (Å²) in [6, 6.07) is 0.